The molecule has 0 aliphatic heterocycles. The SMILES string of the molecule is [N-]=[N+]=Nc1nc(N=[N+]=[N-])nc([N-][N+](=O)[O-])n1. The van der Waals surface area contributed by atoms with E-state index in [0.29, 0.717) is 0 Å². The first-order valence-corrected chi connectivity index (χ1v) is 3.38. The van der Waals surface area contributed by atoms with E-state index < -0.39 is 22.9 Å². The molecule has 1 rings (SSSR count). The van der Waals surface area contributed by atoms with Gasteiger partial charge in [0.15, 0.2) is 0 Å². The number of aromatic nitrogens is 3. The summed E-state index contributed by atoms with van der Waals surface area (Å²) in [5.41, 5.74) is 18.9. The molecule has 0 atom stereocenters. The second-order valence-electron chi connectivity index (χ2n) is 1.95. The third-order valence-corrected chi connectivity index (χ3v) is 1.04. The van der Waals surface area contributed by atoms with Gasteiger partial charge in [0.1, 0.15) is 22.9 Å². The zero-order valence-electron chi connectivity index (χ0n) is 7.24. The predicted molar refractivity (Wildman–Crippen MR) is 47.5 cm³/mol. The van der Waals surface area contributed by atoms with Gasteiger partial charge in [-0.3, -0.25) is 0 Å². The van der Waals surface area contributed by atoms with Crippen LogP contribution in [0.5, 0.6) is 0 Å². The van der Waals surface area contributed by atoms with E-state index in [-0.39, 0.29) is 0 Å². The number of hydrogen-bond donors (Lipinski definition) is 0. The van der Waals surface area contributed by atoms with Crippen LogP contribution in [0.2, 0.25) is 0 Å². The average molecular weight is 222 g/mol. The Kier molecular flexibility index (Phi) is 3.34. The van der Waals surface area contributed by atoms with Crippen molar-refractivity contribution in [1.29, 1.82) is 0 Å². The Morgan fingerprint density at radius 1 is 1.19 bits per heavy atom. The monoisotopic (exact) mass is 222 g/mol. The number of nitro groups is 1. The Bertz CT molecular complexity index is 474. The van der Waals surface area contributed by atoms with E-state index >= 15 is 0 Å². The summed E-state index contributed by atoms with van der Waals surface area (Å²) >= 11 is 0. The van der Waals surface area contributed by atoms with Gasteiger partial charge in [-0.1, -0.05) is 5.43 Å². The molecule has 0 radical (unpaired) electrons. The molecule has 1 aromatic heterocycles. The van der Waals surface area contributed by atoms with Crippen LogP contribution >= 0.6 is 0 Å². The Labute approximate surface area is 85.5 Å². The maximum atomic E-state index is 10.0. The van der Waals surface area contributed by atoms with Crippen molar-refractivity contribution < 1.29 is 5.03 Å². The minimum Gasteiger partial charge on any atom is -0.335 e. The van der Waals surface area contributed by atoms with Crippen LogP contribution in [0.15, 0.2) is 10.2 Å². The Hall–Kier alpha value is -3.17. The molecule has 0 saturated carbocycles. The summed E-state index contributed by atoms with van der Waals surface area (Å²) in [6, 6.07) is 0. The summed E-state index contributed by atoms with van der Waals surface area (Å²) in [6.45, 7) is 0. The topological polar surface area (TPSA) is 193 Å². The highest BCUT2D eigenvalue weighted by Crippen LogP contribution is 2.19. The molecule has 80 valence electrons. The molecule has 0 aliphatic rings. The lowest BCUT2D eigenvalue weighted by Gasteiger charge is -2.05. The molecule has 1 aromatic rings. The van der Waals surface area contributed by atoms with Gasteiger partial charge >= 0.3 is 0 Å². The standard InChI is InChI=1S/C3N11O2/c4-12-9-1-6-2(10-13-5)8-3(7-1)11-14(15)16/q-1. The molecule has 0 unspecified atom stereocenters. The molecule has 13 nitrogen and oxygen atoms in total. The zero-order valence-corrected chi connectivity index (χ0v) is 7.24. The lowest BCUT2D eigenvalue weighted by atomic mass is 10.8. The molecule has 0 fully saturated rings. The van der Waals surface area contributed by atoms with Gasteiger partial charge in [-0.25, -0.2) is 15.1 Å². The molecular formula is C3N11O2-. The molecule has 13 heteroatoms. The Balaban J connectivity index is 3.22. The van der Waals surface area contributed by atoms with Gasteiger partial charge in [0.2, 0.25) is 0 Å². The predicted octanol–water partition coefficient (Wildman–Crippen LogP) is 1.95. The summed E-state index contributed by atoms with van der Waals surface area (Å²) < 4.78 is 0. The van der Waals surface area contributed by atoms with E-state index in [1.54, 1.807) is 0 Å². The molecule has 0 saturated heterocycles. The van der Waals surface area contributed by atoms with Crippen molar-refractivity contribution in [3.05, 3.63) is 36.4 Å². The van der Waals surface area contributed by atoms with E-state index in [1.807, 2.05) is 0 Å². The normalized spacial score (nSPS) is 8.50. The van der Waals surface area contributed by atoms with Crippen LogP contribution in [0.4, 0.5) is 17.8 Å². The Morgan fingerprint density at radius 3 is 2.06 bits per heavy atom. The van der Waals surface area contributed by atoms with Crippen LogP contribution in [0.1, 0.15) is 0 Å². The van der Waals surface area contributed by atoms with Gasteiger partial charge in [0, 0.05) is 9.82 Å². The maximum absolute atomic E-state index is 10.0. The minimum absolute atomic E-state index is 0.486. The van der Waals surface area contributed by atoms with Crippen molar-refractivity contribution in [2.45, 2.75) is 0 Å². The van der Waals surface area contributed by atoms with Crippen molar-refractivity contribution >= 4 is 17.8 Å². The van der Waals surface area contributed by atoms with Crippen molar-refractivity contribution in [3.8, 4) is 0 Å². The second-order valence-corrected chi connectivity index (χ2v) is 1.95. The van der Waals surface area contributed by atoms with E-state index in [4.69, 9.17) is 11.1 Å². The number of rotatable bonds is 4. The molecule has 0 N–H and O–H groups in total. The molecule has 1 heterocycles. The van der Waals surface area contributed by atoms with E-state index in [0.717, 1.165) is 0 Å². The highest BCUT2D eigenvalue weighted by atomic mass is 16.7. The first kappa shape index (κ1) is 10.9. The van der Waals surface area contributed by atoms with Gasteiger partial charge < -0.3 is 9.97 Å². The van der Waals surface area contributed by atoms with Crippen molar-refractivity contribution in [1.82, 2.24) is 15.0 Å². The summed E-state index contributed by atoms with van der Waals surface area (Å²) in [4.78, 5) is 24.7. The fraction of sp³-hybridized carbons (Fsp3) is 0. The van der Waals surface area contributed by atoms with Gasteiger partial charge in [0.05, 0.1) is 0 Å². The lowest BCUT2D eigenvalue weighted by Crippen LogP contribution is -1.93. The van der Waals surface area contributed by atoms with Gasteiger partial charge in [-0.05, 0) is 21.3 Å². The highest BCUT2D eigenvalue weighted by Gasteiger charge is 1.99. The lowest BCUT2D eigenvalue weighted by molar-refractivity contribution is -0.419. The molecule has 0 bridgehead atoms. The molecular weight excluding hydrogens is 222 g/mol. The van der Waals surface area contributed by atoms with Crippen LogP contribution in [0.25, 0.3) is 26.3 Å². The highest BCUT2D eigenvalue weighted by molar-refractivity contribution is 5.37. The summed E-state index contributed by atoms with van der Waals surface area (Å²) in [6.07, 6.45) is 0. The van der Waals surface area contributed by atoms with Crippen LogP contribution in [-0.4, -0.2) is 20.0 Å². The summed E-state index contributed by atoms with van der Waals surface area (Å²) in [7, 11) is 0. The van der Waals surface area contributed by atoms with Crippen molar-refractivity contribution in [2.75, 3.05) is 0 Å². The number of azide groups is 2. The maximum Gasteiger partial charge on any atom is 0.149 e. The fourth-order valence-electron chi connectivity index (χ4n) is 0.631. The first-order valence-electron chi connectivity index (χ1n) is 3.38. The van der Waals surface area contributed by atoms with Crippen molar-refractivity contribution in [3.63, 3.8) is 0 Å². The van der Waals surface area contributed by atoms with Crippen LogP contribution in [0.3, 0.4) is 0 Å². The summed E-state index contributed by atoms with van der Waals surface area (Å²) in [5.74, 6) is -1.61. The zero-order chi connectivity index (χ0) is 12.0. The molecule has 16 heavy (non-hydrogen) atoms. The van der Waals surface area contributed by atoms with Crippen LogP contribution < -0.4 is 0 Å². The number of nitrogens with zero attached hydrogens (tertiary/aromatic N) is 11. The molecule has 0 spiro atoms. The molecule has 0 aromatic carbocycles. The quantitative estimate of drug-likeness (QED) is 0.246. The molecule has 0 amide bonds. The van der Waals surface area contributed by atoms with Crippen molar-refractivity contribution in [2.24, 2.45) is 10.2 Å². The third-order valence-electron chi connectivity index (χ3n) is 1.04. The van der Waals surface area contributed by atoms with Crippen LogP contribution in [0, 0.1) is 10.1 Å². The van der Waals surface area contributed by atoms with Gasteiger partial charge in [0.25, 0.3) is 0 Å². The largest absolute Gasteiger partial charge is 0.335 e. The van der Waals surface area contributed by atoms with Gasteiger partial charge in [-0.15, -0.1) is 0 Å². The number of hydrogen-bond acceptors (Lipinski definition) is 7. The van der Waals surface area contributed by atoms with Gasteiger partial charge in [-0.2, -0.15) is 0 Å². The Morgan fingerprint density at radius 2 is 1.69 bits per heavy atom. The third kappa shape index (κ3) is 2.95. The minimum atomic E-state index is -1.06. The first-order chi connectivity index (χ1) is 7.65. The molecule has 0 aliphatic carbocycles. The van der Waals surface area contributed by atoms with E-state index in [9.17, 15) is 10.1 Å². The van der Waals surface area contributed by atoms with E-state index in [1.165, 1.54) is 0 Å². The summed E-state index contributed by atoms with van der Waals surface area (Å²) in [5, 5.41) is 14.9. The smallest absolute Gasteiger partial charge is 0.149 e. The van der Waals surface area contributed by atoms with E-state index in [2.05, 4.69) is 40.4 Å². The average Bonchev–Trinajstić information content (AvgIpc) is 2.17. The fourth-order valence-corrected chi connectivity index (χ4v) is 0.631. The second kappa shape index (κ2) is 4.90. The van der Waals surface area contributed by atoms with Crippen LogP contribution in [-0.2, 0) is 0 Å².